The number of sulfonamides is 1. The third kappa shape index (κ3) is 5.43. The second kappa shape index (κ2) is 10.0. The number of nitrogens with zero attached hydrogens (tertiary/aromatic N) is 3. The molecule has 0 saturated carbocycles. The lowest BCUT2D eigenvalue weighted by Gasteiger charge is -2.31. The summed E-state index contributed by atoms with van der Waals surface area (Å²) in [4.78, 5) is 29.0. The van der Waals surface area contributed by atoms with E-state index in [4.69, 9.17) is 0 Å². The highest BCUT2D eigenvalue weighted by atomic mass is 32.2. The molecule has 9 heteroatoms. The summed E-state index contributed by atoms with van der Waals surface area (Å²) in [7, 11) is -1.76. The number of rotatable bonds is 7. The maximum absolute atomic E-state index is 13.0. The van der Waals surface area contributed by atoms with Gasteiger partial charge in [0.1, 0.15) is 0 Å². The molecule has 8 nitrogen and oxygen atoms in total. The smallest absolute Gasteiger partial charge is 0.243 e. The normalized spacial score (nSPS) is 16.6. The van der Waals surface area contributed by atoms with Crippen molar-refractivity contribution in [1.82, 2.24) is 9.21 Å². The van der Waals surface area contributed by atoms with Gasteiger partial charge in [0, 0.05) is 31.0 Å². The van der Waals surface area contributed by atoms with E-state index < -0.39 is 10.0 Å². The highest BCUT2D eigenvalue weighted by molar-refractivity contribution is 7.89. The predicted octanol–water partition coefficient (Wildman–Crippen LogP) is 2.32. The van der Waals surface area contributed by atoms with E-state index in [0.717, 1.165) is 36.9 Å². The van der Waals surface area contributed by atoms with Gasteiger partial charge in [-0.15, -0.1) is 0 Å². The Hall–Kier alpha value is -2.75. The summed E-state index contributed by atoms with van der Waals surface area (Å²) in [6.45, 7) is 1.89. The molecule has 0 unspecified atom stereocenters. The molecule has 2 amide bonds. The van der Waals surface area contributed by atoms with E-state index >= 15 is 0 Å². The number of likely N-dealkylation sites (N-methyl/N-ethyl adjacent to an activating group) is 1. The van der Waals surface area contributed by atoms with Crippen LogP contribution in [0.1, 0.15) is 24.8 Å². The Morgan fingerprint density at radius 3 is 2.42 bits per heavy atom. The molecule has 176 valence electrons. The van der Waals surface area contributed by atoms with Crippen LogP contribution in [0.2, 0.25) is 0 Å². The van der Waals surface area contributed by atoms with Crippen molar-refractivity contribution in [2.24, 2.45) is 0 Å². The van der Waals surface area contributed by atoms with Gasteiger partial charge in [-0.2, -0.15) is 4.31 Å². The van der Waals surface area contributed by atoms with Crippen molar-refractivity contribution in [2.75, 3.05) is 50.0 Å². The molecule has 0 bridgehead atoms. The third-order valence-corrected chi connectivity index (χ3v) is 7.94. The molecule has 0 aliphatic carbocycles. The lowest BCUT2D eigenvalue weighted by Crippen LogP contribution is -2.43. The quantitative estimate of drug-likeness (QED) is 0.671. The van der Waals surface area contributed by atoms with E-state index in [1.807, 2.05) is 30.3 Å². The molecule has 0 atom stereocenters. The summed E-state index contributed by atoms with van der Waals surface area (Å²) in [6.07, 6.45) is 3.29. The fourth-order valence-electron chi connectivity index (χ4n) is 4.41. The molecule has 0 aromatic heterocycles. The van der Waals surface area contributed by atoms with Crippen molar-refractivity contribution in [3.8, 4) is 0 Å². The second-order valence-corrected chi connectivity index (χ2v) is 10.6. The van der Waals surface area contributed by atoms with Crippen molar-refractivity contribution >= 4 is 33.2 Å². The van der Waals surface area contributed by atoms with Crippen LogP contribution < -0.4 is 10.2 Å². The Bertz CT molecular complexity index is 1110. The van der Waals surface area contributed by atoms with Crippen molar-refractivity contribution < 1.29 is 18.0 Å². The molecule has 2 heterocycles. The topological polar surface area (TPSA) is 90.0 Å². The molecule has 1 N–H and O–H groups in total. The molecule has 1 saturated heterocycles. The summed E-state index contributed by atoms with van der Waals surface area (Å²) < 4.78 is 27.4. The van der Waals surface area contributed by atoms with Gasteiger partial charge in [-0.25, -0.2) is 8.42 Å². The standard InChI is InChI=1S/C24H30N4O4S/c1-26(17-23(29)25-20-9-3-2-4-10-20)18-24(30)28-15-7-8-19-16-21(11-12-22(19)28)33(31,32)27-13-5-6-14-27/h2-4,9-12,16H,5-8,13-15,17-18H2,1H3,(H,25,29). The van der Waals surface area contributed by atoms with Crippen LogP contribution in [-0.2, 0) is 26.0 Å². The first-order chi connectivity index (χ1) is 15.8. The molecule has 0 radical (unpaired) electrons. The summed E-state index contributed by atoms with van der Waals surface area (Å²) >= 11 is 0. The first-order valence-corrected chi connectivity index (χ1v) is 12.8. The number of carbonyl (C=O) groups is 2. The van der Waals surface area contributed by atoms with E-state index in [-0.39, 0.29) is 24.9 Å². The highest BCUT2D eigenvalue weighted by Gasteiger charge is 2.30. The summed E-state index contributed by atoms with van der Waals surface area (Å²) in [5.74, 6) is -0.298. The van der Waals surface area contributed by atoms with Gasteiger partial charge in [0.05, 0.1) is 18.0 Å². The SMILES string of the molecule is CN(CC(=O)Nc1ccccc1)CC(=O)N1CCCc2cc(S(=O)(=O)N3CCCC3)ccc21. The molecule has 0 spiro atoms. The minimum absolute atomic E-state index is 0.0916. The number of fused-ring (bicyclic) bond motifs is 1. The maximum atomic E-state index is 13.0. The zero-order chi connectivity index (χ0) is 23.4. The summed E-state index contributed by atoms with van der Waals surface area (Å²) in [5.41, 5.74) is 2.35. The molecule has 4 rings (SSSR count). The van der Waals surface area contributed by atoms with Gasteiger partial charge in [-0.1, -0.05) is 18.2 Å². The molecule has 2 aromatic carbocycles. The number of aryl methyl sites for hydroxylation is 1. The zero-order valence-corrected chi connectivity index (χ0v) is 19.7. The van der Waals surface area contributed by atoms with Gasteiger partial charge in [0.2, 0.25) is 21.8 Å². The average Bonchev–Trinajstić information content (AvgIpc) is 3.34. The van der Waals surface area contributed by atoms with Gasteiger partial charge >= 0.3 is 0 Å². The molecule has 1 fully saturated rings. The Kier molecular flexibility index (Phi) is 7.11. The lowest BCUT2D eigenvalue weighted by atomic mass is 10.0. The van der Waals surface area contributed by atoms with E-state index in [2.05, 4.69) is 5.32 Å². The largest absolute Gasteiger partial charge is 0.325 e. The van der Waals surface area contributed by atoms with E-state index in [1.54, 1.807) is 35.0 Å². The van der Waals surface area contributed by atoms with Crippen molar-refractivity contribution in [3.05, 3.63) is 54.1 Å². The molecule has 2 aliphatic rings. The highest BCUT2D eigenvalue weighted by Crippen LogP contribution is 2.31. The van der Waals surface area contributed by atoms with Crippen molar-refractivity contribution in [3.63, 3.8) is 0 Å². The number of hydrogen-bond acceptors (Lipinski definition) is 5. The molecule has 2 aliphatic heterocycles. The van der Waals surface area contributed by atoms with E-state index in [0.29, 0.717) is 30.2 Å². The number of amides is 2. The first-order valence-electron chi connectivity index (χ1n) is 11.3. The number of anilines is 2. The molecular weight excluding hydrogens is 440 g/mol. The van der Waals surface area contributed by atoms with Crippen LogP contribution in [0.3, 0.4) is 0 Å². The van der Waals surface area contributed by atoms with Gasteiger partial charge in [-0.3, -0.25) is 14.5 Å². The first kappa shape index (κ1) is 23.4. The minimum Gasteiger partial charge on any atom is -0.325 e. The van der Waals surface area contributed by atoms with Crippen LogP contribution in [0, 0.1) is 0 Å². The van der Waals surface area contributed by atoms with Crippen LogP contribution >= 0.6 is 0 Å². The van der Waals surface area contributed by atoms with Crippen LogP contribution in [-0.4, -0.2) is 69.2 Å². The van der Waals surface area contributed by atoms with Gasteiger partial charge in [0.15, 0.2) is 0 Å². The van der Waals surface area contributed by atoms with Crippen LogP contribution in [0.5, 0.6) is 0 Å². The number of nitrogens with one attached hydrogen (secondary N) is 1. The molecule has 33 heavy (non-hydrogen) atoms. The van der Waals surface area contributed by atoms with Gasteiger partial charge < -0.3 is 10.2 Å². The Morgan fingerprint density at radius 1 is 0.970 bits per heavy atom. The molecule has 2 aromatic rings. The number of benzene rings is 2. The van der Waals surface area contributed by atoms with Crippen LogP contribution in [0.15, 0.2) is 53.4 Å². The third-order valence-electron chi connectivity index (χ3n) is 6.05. The number of para-hydroxylation sites is 1. The van der Waals surface area contributed by atoms with Gasteiger partial charge in [0.25, 0.3) is 0 Å². The summed E-state index contributed by atoms with van der Waals surface area (Å²) in [6, 6.07) is 14.3. The van der Waals surface area contributed by atoms with Crippen LogP contribution in [0.25, 0.3) is 0 Å². The van der Waals surface area contributed by atoms with Crippen LogP contribution in [0.4, 0.5) is 11.4 Å². The Labute approximate surface area is 195 Å². The predicted molar refractivity (Wildman–Crippen MR) is 128 cm³/mol. The fourth-order valence-corrected chi connectivity index (χ4v) is 5.98. The maximum Gasteiger partial charge on any atom is 0.243 e. The Balaban J connectivity index is 1.40. The lowest BCUT2D eigenvalue weighted by molar-refractivity contribution is -0.121. The Morgan fingerprint density at radius 2 is 1.70 bits per heavy atom. The van der Waals surface area contributed by atoms with E-state index in [1.165, 1.54) is 4.31 Å². The van der Waals surface area contributed by atoms with Crippen molar-refractivity contribution in [1.29, 1.82) is 0 Å². The number of carbonyl (C=O) groups excluding carboxylic acids is 2. The fraction of sp³-hybridized carbons (Fsp3) is 0.417. The monoisotopic (exact) mass is 470 g/mol. The van der Waals surface area contributed by atoms with Crippen molar-refractivity contribution in [2.45, 2.75) is 30.6 Å². The van der Waals surface area contributed by atoms with E-state index in [9.17, 15) is 18.0 Å². The minimum atomic E-state index is -3.49. The second-order valence-electron chi connectivity index (χ2n) is 8.64. The van der Waals surface area contributed by atoms with Gasteiger partial charge in [-0.05, 0) is 68.6 Å². The average molecular weight is 471 g/mol. The number of hydrogen-bond donors (Lipinski definition) is 1. The zero-order valence-electron chi connectivity index (χ0n) is 18.9. The summed E-state index contributed by atoms with van der Waals surface area (Å²) in [5, 5.41) is 2.82. The molecular formula is C24H30N4O4S.